The molecule has 1 fully saturated rings. The lowest BCUT2D eigenvalue weighted by atomic mass is 10.2. The summed E-state index contributed by atoms with van der Waals surface area (Å²) in [6.07, 6.45) is 1.65. The Labute approximate surface area is 140 Å². The third-order valence-electron chi connectivity index (χ3n) is 2.93. The van der Waals surface area contributed by atoms with Crippen molar-refractivity contribution in [2.45, 2.75) is 0 Å². The van der Waals surface area contributed by atoms with E-state index >= 15 is 0 Å². The highest BCUT2D eigenvalue weighted by Crippen LogP contribution is 2.30. The Bertz CT molecular complexity index is 785. The first-order chi connectivity index (χ1) is 10.6. The maximum atomic E-state index is 12.0. The number of hydrogen-bond donors (Lipinski definition) is 2. The summed E-state index contributed by atoms with van der Waals surface area (Å²) in [5, 5.41) is 13.0. The van der Waals surface area contributed by atoms with Crippen LogP contribution >= 0.6 is 27.7 Å². The van der Waals surface area contributed by atoms with Gasteiger partial charge in [-0.15, -0.1) is 0 Å². The number of para-hydroxylation sites is 1. The summed E-state index contributed by atoms with van der Waals surface area (Å²) in [4.78, 5) is 16.9. The number of hydrogen-bond acceptors (Lipinski definition) is 4. The van der Waals surface area contributed by atoms with Crippen LogP contribution in [0.5, 0.6) is 5.75 Å². The van der Waals surface area contributed by atoms with Crippen LogP contribution in [-0.4, -0.2) is 16.2 Å². The minimum atomic E-state index is -0.218. The van der Waals surface area contributed by atoms with Gasteiger partial charge in [-0.05, 0) is 48.2 Å². The minimum absolute atomic E-state index is 0.140. The molecule has 110 valence electrons. The van der Waals surface area contributed by atoms with Crippen molar-refractivity contribution in [2.24, 2.45) is 4.99 Å². The lowest BCUT2D eigenvalue weighted by Crippen LogP contribution is -2.19. The highest BCUT2D eigenvalue weighted by Gasteiger charge is 2.24. The Kier molecular flexibility index (Phi) is 4.31. The second-order valence-electron chi connectivity index (χ2n) is 4.52. The van der Waals surface area contributed by atoms with Crippen molar-refractivity contribution in [2.75, 3.05) is 0 Å². The van der Waals surface area contributed by atoms with Gasteiger partial charge in [-0.25, -0.2) is 4.99 Å². The van der Waals surface area contributed by atoms with Gasteiger partial charge in [0, 0.05) is 10.0 Å². The van der Waals surface area contributed by atoms with Crippen molar-refractivity contribution in [3.05, 3.63) is 63.5 Å². The molecule has 0 spiro atoms. The van der Waals surface area contributed by atoms with Crippen LogP contribution in [0.1, 0.15) is 5.56 Å². The summed E-state index contributed by atoms with van der Waals surface area (Å²) < 4.78 is 0.972. The average molecular weight is 375 g/mol. The zero-order chi connectivity index (χ0) is 15.5. The topological polar surface area (TPSA) is 61.7 Å². The maximum absolute atomic E-state index is 12.0. The highest BCUT2D eigenvalue weighted by atomic mass is 79.9. The maximum Gasteiger partial charge on any atom is 0.264 e. The van der Waals surface area contributed by atoms with E-state index in [0.717, 1.165) is 10.2 Å². The largest absolute Gasteiger partial charge is 0.507 e. The molecule has 0 bridgehead atoms. The quantitative estimate of drug-likeness (QED) is 0.779. The first kappa shape index (κ1) is 14.9. The van der Waals surface area contributed by atoms with Crippen molar-refractivity contribution >= 4 is 50.5 Å². The van der Waals surface area contributed by atoms with Gasteiger partial charge in [-0.1, -0.05) is 34.1 Å². The highest BCUT2D eigenvalue weighted by molar-refractivity contribution is 9.10. The van der Waals surface area contributed by atoms with Crippen molar-refractivity contribution in [1.29, 1.82) is 0 Å². The minimum Gasteiger partial charge on any atom is -0.507 e. The van der Waals surface area contributed by atoms with Gasteiger partial charge in [0.15, 0.2) is 5.17 Å². The number of phenolic OH excluding ortho intramolecular Hbond substituents is 1. The Hall–Kier alpha value is -2.05. The monoisotopic (exact) mass is 374 g/mol. The lowest BCUT2D eigenvalue weighted by Gasteiger charge is -1.98. The molecule has 0 radical (unpaired) electrons. The molecule has 1 aliphatic heterocycles. The molecule has 1 saturated heterocycles. The van der Waals surface area contributed by atoms with Crippen molar-refractivity contribution in [3.63, 3.8) is 0 Å². The number of carbonyl (C=O) groups is 1. The molecule has 2 aromatic carbocycles. The fourth-order valence-electron chi connectivity index (χ4n) is 1.86. The van der Waals surface area contributed by atoms with Crippen molar-refractivity contribution < 1.29 is 9.90 Å². The molecular weight excluding hydrogens is 364 g/mol. The number of carbonyl (C=O) groups excluding carboxylic acids is 1. The van der Waals surface area contributed by atoms with E-state index in [1.165, 1.54) is 11.8 Å². The van der Waals surface area contributed by atoms with Crippen LogP contribution < -0.4 is 5.32 Å². The number of benzene rings is 2. The molecule has 22 heavy (non-hydrogen) atoms. The number of aliphatic imine (C=N–C) groups is 1. The molecule has 3 rings (SSSR count). The van der Waals surface area contributed by atoms with Gasteiger partial charge in [-0.3, -0.25) is 4.79 Å². The van der Waals surface area contributed by atoms with Gasteiger partial charge >= 0.3 is 0 Å². The number of nitrogens with zero attached hydrogens (tertiary/aromatic N) is 1. The van der Waals surface area contributed by atoms with E-state index in [4.69, 9.17) is 0 Å². The van der Waals surface area contributed by atoms with Gasteiger partial charge in [0.2, 0.25) is 0 Å². The van der Waals surface area contributed by atoms with Crippen LogP contribution in [0.3, 0.4) is 0 Å². The van der Waals surface area contributed by atoms with Gasteiger partial charge < -0.3 is 10.4 Å². The predicted molar refractivity (Wildman–Crippen MR) is 93.1 cm³/mol. The number of nitrogens with one attached hydrogen (secondary N) is 1. The Morgan fingerprint density at radius 2 is 1.86 bits per heavy atom. The summed E-state index contributed by atoms with van der Waals surface area (Å²) >= 11 is 4.61. The van der Waals surface area contributed by atoms with Crippen molar-refractivity contribution in [1.82, 2.24) is 5.32 Å². The van der Waals surface area contributed by atoms with E-state index in [2.05, 4.69) is 26.2 Å². The molecular formula is C16H11BrN2O2S. The van der Waals surface area contributed by atoms with E-state index in [-0.39, 0.29) is 11.7 Å². The average Bonchev–Trinajstić information content (AvgIpc) is 2.84. The second-order valence-corrected chi connectivity index (χ2v) is 6.46. The third-order valence-corrected chi connectivity index (χ3v) is 4.37. The molecule has 0 aliphatic carbocycles. The van der Waals surface area contributed by atoms with Crippen LogP contribution in [0.2, 0.25) is 0 Å². The Morgan fingerprint density at radius 1 is 1.14 bits per heavy atom. The van der Waals surface area contributed by atoms with Gasteiger partial charge in [0.25, 0.3) is 5.91 Å². The summed E-state index contributed by atoms with van der Waals surface area (Å²) in [6.45, 7) is 0. The van der Waals surface area contributed by atoms with Crippen LogP contribution in [0.15, 0.2) is 62.9 Å². The molecule has 1 amide bonds. The molecule has 2 N–H and O–H groups in total. The molecule has 2 aromatic rings. The normalized spacial score (nSPS) is 18.0. The van der Waals surface area contributed by atoms with E-state index < -0.39 is 0 Å². The van der Waals surface area contributed by atoms with Crippen LogP contribution in [0.25, 0.3) is 6.08 Å². The van der Waals surface area contributed by atoms with Crippen LogP contribution in [0.4, 0.5) is 5.69 Å². The summed E-state index contributed by atoms with van der Waals surface area (Å²) in [5.41, 5.74) is 1.36. The zero-order valence-electron chi connectivity index (χ0n) is 11.3. The van der Waals surface area contributed by atoms with E-state index in [9.17, 15) is 9.90 Å². The fraction of sp³-hybridized carbons (Fsp3) is 0. The summed E-state index contributed by atoms with van der Waals surface area (Å²) in [7, 11) is 0. The number of amides is 1. The molecule has 4 nitrogen and oxygen atoms in total. The van der Waals surface area contributed by atoms with Crippen LogP contribution in [0, 0.1) is 0 Å². The number of amidine groups is 1. The number of phenols is 1. The van der Waals surface area contributed by atoms with E-state index in [0.29, 0.717) is 15.6 Å². The van der Waals surface area contributed by atoms with Crippen molar-refractivity contribution in [3.8, 4) is 5.75 Å². The smallest absolute Gasteiger partial charge is 0.264 e. The van der Waals surface area contributed by atoms with Crippen LogP contribution in [-0.2, 0) is 4.79 Å². The predicted octanol–water partition coefficient (Wildman–Crippen LogP) is 4.05. The Morgan fingerprint density at radius 3 is 2.59 bits per heavy atom. The standard InChI is InChI=1S/C16H11BrN2O2S/c17-11-5-7-12(8-6-11)18-16-19-15(21)14(22-16)9-10-3-1-2-4-13(10)20/h1-9,20H,(H,18,19,21)/b14-9+. The molecule has 0 atom stereocenters. The zero-order valence-corrected chi connectivity index (χ0v) is 13.7. The molecule has 0 unspecified atom stereocenters. The summed E-state index contributed by atoms with van der Waals surface area (Å²) in [5.74, 6) is -0.0780. The molecule has 1 heterocycles. The number of halogens is 1. The van der Waals surface area contributed by atoms with Gasteiger partial charge in [0.1, 0.15) is 5.75 Å². The van der Waals surface area contributed by atoms with Gasteiger partial charge in [-0.2, -0.15) is 0 Å². The fourth-order valence-corrected chi connectivity index (χ4v) is 2.96. The van der Waals surface area contributed by atoms with Gasteiger partial charge in [0.05, 0.1) is 10.6 Å². The first-order valence-corrected chi connectivity index (χ1v) is 8.06. The SMILES string of the molecule is O=C1NC(=Nc2ccc(Br)cc2)S/C1=C/c1ccccc1O. The van der Waals surface area contributed by atoms with E-state index in [1.807, 2.05) is 24.3 Å². The number of aromatic hydroxyl groups is 1. The summed E-state index contributed by atoms with van der Waals surface area (Å²) in [6, 6.07) is 14.4. The third kappa shape index (κ3) is 3.40. The molecule has 1 aliphatic rings. The number of thioether (sulfide) groups is 1. The number of rotatable bonds is 2. The Balaban J connectivity index is 1.84. The molecule has 6 heteroatoms. The first-order valence-electron chi connectivity index (χ1n) is 6.45. The second kappa shape index (κ2) is 6.37. The lowest BCUT2D eigenvalue weighted by molar-refractivity contribution is -0.115. The van der Waals surface area contributed by atoms with E-state index in [1.54, 1.807) is 30.3 Å². The molecule has 0 saturated carbocycles. The molecule has 0 aromatic heterocycles.